The summed E-state index contributed by atoms with van der Waals surface area (Å²) in [6.07, 6.45) is 5.98. The molecule has 3 heterocycles. The maximum absolute atomic E-state index is 5.80. The lowest BCUT2D eigenvalue weighted by molar-refractivity contribution is 0.938. The second-order valence-corrected chi connectivity index (χ2v) is 4.30. The first-order chi connectivity index (χ1) is 8.34. The molecule has 5 heteroatoms. The van der Waals surface area contributed by atoms with Crippen molar-refractivity contribution in [1.82, 2.24) is 15.2 Å². The Morgan fingerprint density at radius 3 is 2.59 bits per heavy atom. The van der Waals surface area contributed by atoms with Crippen LogP contribution < -0.4 is 10.6 Å². The van der Waals surface area contributed by atoms with E-state index in [1.165, 1.54) is 12.8 Å². The summed E-state index contributed by atoms with van der Waals surface area (Å²) >= 11 is 0. The number of nitrogens with two attached hydrogens (primary N) is 1. The van der Waals surface area contributed by atoms with Crippen LogP contribution in [0.25, 0.3) is 11.3 Å². The molecule has 2 aromatic rings. The van der Waals surface area contributed by atoms with Gasteiger partial charge in [0.1, 0.15) is 5.82 Å². The number of rotatable bonds is 2. The molecular weight excluding hydrogens is 214 g/mol. The van der Waals surface area contributed by atoms with Crippen molar-refractivity contribution in [3.8, 4) is 11.3 Å². The van der Waals surface area contributed by atoms with Gasteiger partial charge in [-0.3, -0.25) is 5.10 Å². The van der Waals surface area contributed by atoms with Crippen molar-refractivity contribution < 1.29 is 0 Å². The highest BCUT2D eigenvalue weighted by Gasteiger charge is 2.13. The Bertz CT molecular complexity index is 496. The second kappa shape index (κ2) is 4.08. The topological polar surface area (TPSA) is 70.8 Å². The zero-order chi connectivity index (χ0) is 11.7. The highest BCUT2D eigenvalue weighted by Crippen LogP contribution is 2.24. The van der Waals surface area contributed by atoms with Crippen LogP contribution in [0.3, 0.4) is 0 Å². The number of hydrogen-bond acceptors (Lipinski definition) is 4. The quantitative estimate of drug-likeness (QED) is 0.821. The summed E-state index contributed by atoms with van der Waals surface area (Å²) in [7, 11) is 0. The predicted octanol–water partition coefficient (Wildman–Crippen LogP) is 1.65. The molecule has 3 N–H and O–H groups in total. The number of H-pyrrole nitrogens is 1. The van der Waals surface area contributed by atoms with Crippen LogP contribution in [-0.2, 0) is 0 Å². The Hall–Kier alpha value is -2.04. The molecule has 2 aromatic heterocycles. The molecule has 0 aliphatic carbocycles. The van der Waals surface area contributed by atoms with Crippen molar-refractivity contribution in [3.05, 3.63) is 24.5 Å². The first-order valence-corrected chi connectivity index (χ1v) is 5.85. The van der Waals surface area contributed by atoms with Gasteiger partial charge in [0, 0.05) is 24.8 Å². The summed E-state index contributed by atoms with van der Waals surface area (Å²) in [5.41, 5.74) is 8.27. The molecule has 0 aromatic carbocycles. The number of anilines is 2. The molecule has 0 radical (unpaired) electrons. The molecule has 0 atom stereocenters. The Labute approximate surface area is 99.7 Å². The third-order valence-electron chi connectivity index (χ3n) is 3.14. The lowest BCUT2D eigenvalue weighted by atomic mass is 10.2. The molecule has 0 bridgehead atoms. The number of pyridine rings is 1. The molecule has 0 spiro atoms. The van der Waals surface area contributed by atoms with E-state index in [0.717, 1.165) is 30.2 Å². The number of aromatic nitrogens is 3. The van der Waals surface area contributed by atoms with Crippen LogP contribution in [0, 0.1) is 0 Å². The zero-order valence-corrected chi connectivity index (χ0v) is 9.56. The van der Waals surface area contributed by atoms with Crippen molar-refractivity contribution in [2.75, 3.05) is 23.7 Å². The molecule has 0 saturated carbocycles. The smallest absolute Gasteiger partial charge is 0.128 e. The van der Waals surface area contributed by atoms with Crippen molar-refractivity contribution in [3.63, 3.8) is 0 Å². The van der Waals surface area contributed by atoms with E-state index >= 15 is 0 Å². The fourth-order valence-electron chi connectivity index (χ4n) is 2.19. The van der Waals surface area contributed by atoms with Gasteiger partial charge in [-0.25, -0.2) is 4.98 Å². The molecule has 0 amide bonds. The van der Waals surface area contributed by atoms with E-state index in [-0.39, 0.29) is 0 Å². The normalized spacial score (nSPS) is 15.4. The minimum absolute atomic E-state index is 0.653. The number of aromatic amines is 1. The highest BCUT2D eigenvalue weighted by atomic mass is 15.2. The van der Waals surface area contributed by atoms with Gasteiger partial charge in [-0.05, 0) is 25.0 Å². The summed E-state index contributed by atoms with van der Waals surface area (Å²) < 4.78 is 0. The standard InChI is InChI=1S/C12H15N5/c13-10-8-15-16-12(10)9-3-4-11(14-7-9)17-5-1-2-6-17/h3-4,7-8H,1-2,5-6,13H2,(H,15,16). The third-order valence-corrected chi connectivity index (χ3v) is 3.14. The summed E-state index contributed by atoms with van der Waals surface area (Å²) in [6, 6.07) is 4.07. The summed E-state index contributed by atoms with van der Waals surface area (Å²) in [6.45, 7) is 2.22. The van der Waals surface area contributed by atoms with E-state index in [0.29, 0.717) is 5.69 Å². The predicted molar refractivity (Wildman–Crippen MR) is 67.7 cm³/mol. The van der Waals surface area contributed by atoms with E-state index in [4.69, 9.17) is 5.73 Å². The second-order valence-electron chi connectivity index (χ2n) is 4.30. The molecule has 5 nitrogen and oxygen atoms in total. The Kier molecular flexibility index (Phi) is 2.44. The van der Waals surface area contributed by atoms with E-state index in [1.54, 1.807) is 6.20 Å². The van der Waals surface area contributed by atoms with Gasteiger partial charge in [0.25, 0.3) is 0 Å². The highest BCUT2D eigenvalue weighted by molar-refractivity contribution is 5.71. The van der Waals surface area contributed by atoms with Gasteiger partial charge in [0.2, 0.25) is 0 Å². The first kappa shape index (κ1) is 10.1. The number of nitrogens with one attached hydrogen (secondary N) is 1. The van der Waals surface area contributed by atoms with E-state index in [9.17, 15) is 0 Å². The van der Waals surface area contributed by atoms with Crippen molar-refractivity contribution >= 4 is 11.5 Å². The van der Waals surface area contributed by atoms with Crippen LogP contribution >= 0.6 is 0 Å². The molecule has 1 fully saturated rings. The molecule has 88 valence electrons. The SMILES string of the molecule is Nc1cn[nH]c1-c1ccc(N2CCCC2)nc1. The lowest BCUT2D eigenvalue weighted by Gasteiger charge is -2.16. The van der Waals surface area contributed by atoms with Gasteiger partial charge >= 0.3 is 0 Å². The van der Waals surface area contributed by atoms with Gasteiger partial charge in [-0.15, -0.1) is 0 Å². The molecule has 1 saturated heterocycles. The van der Waals surface area contributed by atoms with Crippen molar-refractivity contribution in [1.29, 1.82) is 0 Å². The Morgan fingerprint density at radius 2 is 2.00 bits per heavy atom. The summed E-state index contributed by atoms with van der Waals surface area (Å²) in [5.74, 6) is 1.05. The fraction of sp³-hybridized carbons (Fsp3) is 0.333. The maximum atomic E-state index is 5.80. The molecule has 1 aliphatic heterocycles. The van der Waals surface area contributed by atoms with Gasteiger partial charge in [0.15, 0.2) is 0 Å². The van der Waals surface area contributed by atoms with Crippen molar-refractivity contribution in [2.24, 2.45) is 0 Å². The van der Waals surface area contributed by atoms with Crippen LogP contribution in [0.4, 0.5) is 11.5 Å². The minimum atomic E-state index is 0.653. The van der Waals surface area contributed by atoms with E-state index in [1.807, 2.05) is 18.3 Å². The summed E-state index contributed by atoms with van der Waals surface area (Å²) in [4.78, 5) is 6.79. The van der Waals surface area contributed by atoms with E-state index in [2.05, 4.69) is 20.1 Å². The Balaban J connectivity index is 1.87. The van der Waals surface area contributed by atoms with Gasteiger partial charge in [0.05, 0.1) is 17.6 Å². The largest absolute Gasteiger partial charge is 0.396 e. The minimum Gasteiger partial charge on any atom is -0.396 e. The first-order valence-electron chi connectivity index (χ1n) is 5.85. The number of nitrogen functional groups attached to an aromatic ring is 1. The van der Waals surface area contributed by atoms with Crippen LogP contribution in [0.1, 0.15) is 12.8 Å². The number of hydrogen-bond donors (Lipinski definition) is 2. The van der Waals surface area contributed by atoms with Gasteiger partial charge in [-0.1, -0.05) is 0 Å². The monoisotopic (exact) mass is 229 g/mol. The molecule has 1 aliphatic rings. The zero-order valence-electron chi connectivity index (χ0n) is 9.56. The summed E-state index contributed by atoms with van der Waals surface area (Å²) in [5, 5.41) is 6.79. The fourth-order valence-corrected chi connectivity index (χ4v) is 2.19. The number of nitrogens with zero attached hydrogens (tertiary/aromatic N) is 3. The third kappa shape index (κ3) is 1.84. The molecule has 17 heavy (non-hydrogen) atoms. The van der Waals surface area contributed by atoms with Crippen LogP contribution in [-0.4, -0.2) is 28.3 Å². The average molecular weight is 229 g/mol. The average Bonchev–Trinajstić information content (AvgIpc) is 3.00. The van der Waals surface area contributed by atoms with E-state index < -0.39 is 0 Å². The van der Waals surface area contributed by atoms with Crippen LogP contribution in [0.15, 0.2) is 24.5 Å². The van der Waals surface area contributed by atoms with Crippen LogP contribution in [0.2, 0.25) is 0 Å². The Morgan fingerprint density at radius 1 is 1.18 bits per heavy atom. The van der Waals surface area contributed by atoms with Crippen LogP contribution in [0.5, 0.6) is 0 Å². The molecular formula is C12H15N5. The van der Waals surface area contributed by atoms with Gasteiger partial charge < -0.3 is 10.6 Å². The molecule has 0 unspecified atom stereocenters. The van der Waals surface area contributed by atoms with Crippen molar-refractivity contribution in [2.45, 2.75) is 12.8 Å². The lowest BCUT2D eigenvalue weighted by Crippen LogP contribution is -2.18. The van der Waals surface area contributed by atoms with Gasteiger partial charge in [-0.2, -0.15) is 5.10 Å². The molecule has 3 rings (SSSR count). The maximum Gasteiger partial charge on any atom is 0.128 e.